The van der Waals surface area contributed by atoms with Crippen molar-refractivity contribution in [2.45, 2.75) is 51.4 Å². The molecule has 4 bridgehead atoms. The molecule has 142 valence electrons. The van der Waals surface area contributed by atoms with Gasteiger partial charge in [-0.05, 0) is 87.6 Å². The number of hydrogen-bond acceptors (Lipinski definition) is 3. The van der Waals surface area contributed by atoms with E-state index in [1.807, 2.05) is 0 Å². The third-order valence-corrected chi connectivity index (χ3v) is 7.10. The predicted octanol–water partition coefficient (Wildman–Crippen LogP) is 2.43. The van der Waals surface area contributed by atoms with Gasteiger partial charge in [-0.15, -0.1) is 0 Å². The summed E-state index contributed by atoms with van der Waals surface area (Å²) in [4.78, 5) is 2.47. The van der Waals surface area contributed by atoms with Crippen LogP contribution in [0.4, 0.5) is 0 Å². The molecule has 1 aliphatic heterocycles. The summed E-state index contributed by atoms with van der Waals surface area (Å²) >= 11 is 0. The number of nitrogens with zero attached hydrogens (tertiary/aromatic N) is 1. The summed E-state index contributed by atoms with van der Waals surface area (Å²) in [6.45, 7) is 6.76. The Labute approximate surface area is 152 Å². The van der Waals surface area contributed by atoms with Crippen LogP contribution in [0.25, 0.3) is 0 Å². The Balaban J connectivity index is 1.08. The average Bonchev–Trinajstić information content (AvgIpc) is 3.08. The summed E-state index contributed by atoms with van der Waals surface area (Å²) in [5.74, 6) is 3.44. The lowest BCUT2D eigenvalue weighted by Gasteiger charge is -2.57. The zero-order chi connectivity index (χ0) is 17.1. The highest BCUT2D eigenvalue weighted by Gasteiger charge is 2.50. The number of rotatable bonds is 8. The van der Waals surface area contributed by atoms with Crippen molar-refractivity contribution in [3.8, 4) is 0 Å². The van der Waals surface area contributed by atoms with Crippen molar-refractivity contribution in [1.29, 1.82) is 5.41 Å². The molecule has 1 heterocycles. The van der Waals surface area contributed by atoms with Gasteiger partial charge in [0.25, 0.3) is 0 Å². The Bertz CT molecular complexity index is 425. The van der Waals surface area contributed by atoms with E-state index >= 15 is 0 Å². The second-order valence-electron chi connectivity index (χ2n) is 9.23. The number of hydrogen-bond donors (Lipinski definition) is 3. The van der Waals surface area contributed by atoms with Gasteiger partial charge in [0, 0.05) is 19.6 Å². The Morgan fingerprint density at radius 1 is 0.960 bits per heavy atom. The Hall–Kier alpha value is -0.810. The molecule has 4 saturated carbocycles. The SMILES string of the molecule is N=C(NCCOCCN1CCCC1)NCC12CC3CC(CC(C3)C1)C2. The van der Waals surface area contributed by atoms with E-state index in [4.69, 9.17) is 10.1 Å². The van der Waals surface area contributed by atoms with Crippen molar-refractivity contribution in [2.24, 2.45) is 23.2 Å². The van der Waals surface area contributed by atoms with Crippen molar-refractivity contribution in [3.05, 3.63) is 0 Å². The highest BCUT2D eigenvalue weighted by Crippen LogP contribution is 2.59. The maximum absolute atomic E-state index is 8.13. The summed E-state index contributed by atoms with van der Waals surface area (Å²) < 4.78 is 5.70. The van der Waals surface area contributed by atoms with E-state index in [-0.39, 0.29) is 0 Å². The van der Waals surface area contributed by atoms with Crippen LogP contribution in [-0.2, 0) is 4.74 Å². The molecule has 0 aromatic heterocycles. The fourth-order valence-corrected chi connectivity index (χ4v) is 6.40. The van der Waals surface area contributed by atoms with Crippen LogP contribution in [0.1, 0.15) is 51.4 Å². The molecular weight excluding hydrogens is 312 g/mol. The molecule has 3 N–H and O–H groups in total. The summed E-state index contributed by atoms with van der Waals surface area (Å²) in [5, 5.41) is 14.7. The van der Waals surface area contributed by atoms with Crippen LogP contribution in [0.5, 0.6) is 0 Å². The van der Waals surface area contributed by atoms with E-state index in [9.17, 15) is 0 Å². The van der Waals surface area contributed by atoms with Crippen molar-refractivity contribution in [2.75, 3.05) is 45.9 Å². The Kier molecular flexibility index (Phi) is 5.51. The Morgan fingerprint density at radius 2 is 1.60 bits per heavy atom. The molecule has 5 nitrogen and oxygen atoms in total. The van der Waals surface area contributed by atoms with Crippen LogP contribution in [0.3, 0.4) is 0 Å². The third-order valence-electron chi connectivity index (χ3n) is 7.10. The van der Waals surface area contributed by atoms with Gasteiger partial charge in [-0.2, -0.15) is 0 Å². The van der Waals surface area contributed by atoms with Crippen LogP contribution in [0, 0.1) is 28.6 Å². The lowest BCUT2D eigenvalue weighted by molar-refractivity contribution is -0.0492. The molecule has 0 aromatic rings. The number of guanidine groups is 1. The number of ether oxygens (including phenoxy) is 1. The fourth-order valence-electron chi connectivity index (χ4n) is 6.40. The minimum atomic E-state index is 0.485. The maximum atomic E-state index is 8.13. The van der Waals surface area contributed by atoms with Crippen molar-refractivity contribution < 1.29 is 4.74 Å². The quantitative estimate of drug-likeness (QED) is 0.358. The maximum Gasteiger partial charge on any atom is 0.188 e. The van der Waals surface area contributed by atoms with Gasteiger partial charge >= 0.3 is 0 Å². The monoisotopic (exact) mass is 348 g/mol. The number of nitrogens with one attached hydrogen (secondary N) is 3. The highest BCUT2D eigenvalue weighted by atomic mass is 16.5. The molecule has 4 aliphatic carbocycles. The minimum Gasteiger partial charge on any atom is -0.378 e. The second-order valence-corrected chi connectivity index (χ2v) is 9.23. The largest absolute Gasteiger partial charge is 0.378 e. The second kappa shape index (κ2) is 7.83. The van der Waals surface area contributed by atoms with Gasteiger partial charge in [-0.3, -0.25) is 5.41 Å². The summed E-state index contributed by atoms with van der Waals surface area (Å²) in [7, 11) is 0. The van der Waals surface area contributed by atoms with Crippen LogP contribution < -0.4 is 10.6 Å². The van der Waals surface area contributed by atoms with Crippen molar-refractivity contribution in [1.82, 2.24) is 15.5 Å². The fraction of sp³-hybridized carbons (Fsp3) is 0.950. The first-order valence-corrected chi connectivity index (χ1v) is 10.6. The van der Waals surface area contributed by atoms with Gasteiger partial charge < -0.3 is 20.3 Å². The van der Waals surface area contributed by atoms with Gasteiger partial charge in [0.2, 0.25) is 0 Å². The molecule has 0 unspecified atom stereocenters. The van der Waals surface area contributed by atoms with Crippen molar-refractivity contribution in [3.63, 3.8) is 0 Å². The summed E-state index contributed by atoms with van der Waals surface area (Å²) in [5.41, 5.74) is 0.495. The topological polar surface area (TPSA) is 60.4 Å². The van der Waals surface area contributed by atoms with Gasteiger partial charge in [-0.25, -0.2) is 0 Å². The first kappa shape index (κ1) is 17.6. The number of likely N-dealkylation sites (tertiary alicyclic amines) is 1. The van der Waals surface area contributed by atoms with Crippen LogP contribution in [0.2, 0.25) is 0 Å². The van der Waals surface area contributed by atoms with Crippen LogP contribution >= 0.6 is 0 Å². The minimum absolute atomic E-state index is 0.485. The van der Waals surface area contributed by atoms with Gasteiger partial charge in [-0.1, -0.05) is 0 Å². The average molecular weight is 349 g/mol. The van der Waals surface area contributed by atoms with Crippen LogP contribution in [0.15, 0.2) is 0 Å². The predicted molar refractivity (Wildman–Crippen MR) is 101 cm³/mol. The molecule has 0 radical (unpaired) electrons. The lowest BCUT2D eigenvalue weighted by Crippen LogP contribution is -2.52. The van der Waals surface area contributed by atoms with E-state index in [0.717, 1.165) is 44.0 Å². The lowest BCUT2D eigenvalue weighted by atomic mass is 9.49. The first-order chi connectivity index (χ1) is 12.2. The molecule has 0 atom stereocenters. The highest BCUT2D eigenvalue weighted by molar-refractivity contribution is 5.76. The van der Waals surface area contributed by atoms with E-state index in [2.05, 4.69) is 15.5 Å². The standard InChI is InChI=1S/C20H36N4O/c21-19(22-3-7-25-8-6-24-4-1-2-5-24)23-15-20-12-16-9-17(13-20)11-18(10-16)14-20/h16-18H,1-15H2,(H3,21,22,23). The molecule has 0 aromatic carbocycles. The summed E-state index contributed by atoms with van der Waals surface area (Å²) in [6, 6.07) is 0. The van der Waals surface area contributed by atoms with Gasteiger partial charge in [0.15, 0.2) is 5.96 Å². The van der Waals surface area contributed by atoms with Crippen molar-refractivity contribution >= 4 is 5.96 Å². The molecule has 1 saturated heterocycles. The normalized spacial score (nSPS) is 36.7. The van der Waals surface area contributed by atoms with Gasteiger partial charge in [0.05, 0.1) is 13.2 Å². The molecule has 0 spiro atoms. The molecule has 5 rings (SSSR count). The molecule has 5 aliphatic rings. The Morgan fingerprint density at radius 3 is 2.24 bits per heavy atom. The molecule has 5 fully saturated rings. The molecular formula is C20H36N4O. The molecule has 0 amide bonds. The van der Waals surface area contributed by atoms with E-state index < -0.39 is 0 Å². The summed E-state index contributed by atoms with van der Waals surface area (Å²) in [6.07, 6.45) is 11.4. The van der Waals surface area contributed by atoms with E-state index in [1.165, 1.54) is 64.5 Å². The zero-order valence-corrected chi connectivity index (χ0v) is 15.7. The smallest absolute Gasteiger partial charge is 0.188 e. The zero-order valence-electron chi connectivity index (χ0n) is 15.7. The van der Waals surface area contributed by atoms with Gasteiger partial charge in [0.1, 0.15) is 0 Å². The van der Waals surface area contributed by atoms with E-state index in [1.54, 1.807) is 0 Å². The first-order valence-electron chi connectivity index (χ1n) is 10.6. The molecule has 5 heteroatoms. The third kappa shape index (κ3) is 4.48. The van der Waals surface area contributed by atoms with E-state index in [0.29, 0.717) is 18.0 Å². The van der Waals surface area contributed by atoms with Crippen LogP contribution in [-0.4, -0.2) is 56.8 Å². The molecule has 25 heavy (non-hydrogen) atoms.